The summed E-state index contributed by atoms with van der Waals surface area (Å²) in [6.07, 6.45) is 0. The minimum atomic E-state index is 0.0302. The standard InChI is InChI=1S/C15H13BrO2/c1-10-9-12(16)5-8-14(10)15(17)11-3-6-13(18-2)7-4-11/h3-9H,1-2H3. The van der Waals surface area contributed by atoms with Crippen molar-refractivity contribution >= 4 is 21.7 Å². The maximum atomic E-state index is 12.3. The Bertz CT molecular complexity index is 574. The summed E-state index contributed by atoms with van der Waals surface area (Å²) in [6.45, 7) is 1.93. The minimum Gasteiger partial charge on any atom is -0.497 e. The number of ketones is 1. The summed E-state index contributed by atoms with van der Waals surface area (Å²) in [5.41, 5.74) is 2.36. The van der Waals surface area contributed by atoms with E-state index in [-0.39, 0.29) is 5.78 Å². The van der Waals surface area contributed by atoms with Gasteiger partial charge in [-0.15, -0.1) is 0 Å². The fourth-order valence-corrected chi connectivity index (χ4v) is 2.26. The van der Waals surface area contributed by atoms with Crippen LogP contribution < -0.4 is 4.74 Å². The highest BCUT2D eigenvalue weighted by Gasteiger charge is 2.11. The number of methoxy groups -OCH3 is 1. The Kier molecular flexibility index (Phi) is 3.82. The fourth-order valence-electron chi connectivity index (χ4n) is 1.78. The van der Waals surface area contributed by atoms with Crippen molar-refractivity contribution in [1.82, 2.24) is 0 Å². The molecular formula is C15H13BrO2. The van der Waals surface area contributed by atoms with Crippen LogP contribution in [0.5, 0.6) is 5.75 Å². The van der Waals surface area contributed by atoms with E-state index < -0.39 is 0 Å². The van der Waals surface area contributed by atoms with E-state index in [9.17, 15) is 4.79 Å². The first kappa shape index (κ1) is 12.8. The Morgan fingerprint density at radius 2 is 1.78 bits per heavy atom. The topological polar surface area (TPSA) is 26.3 Å². The van der Waals surface area contributed by atoms with Gasteiger partial charge in [0, 0.05) is 15.6 Å². The Hall–Kier alpha value is -1.61. The van der Waals surface area contributed by atoms with Gasteiger partial charge >= 0.3 is 0 Å². The molecule has 0 saturated heterocycles. The zero-order chi connectivity index (χ0) is 13.1. The Balaban J connectivity index is 2.35. The highest BCUT2D eigenvalue weighted by atomic mass is 79.9. The molecule has 0 saturated carbocycles. The van der Waals surface area contributed by atoms with Gasteiger partial charge in [0.25, 0.3) is 0 Å². The van der Waals surface area contributed by atoms with Gasteiger partial charge in [-0.1, -0.05) is 15.9 Å². The number of rotatable bonds is 3. The number of carbonyl (C=O) groups excluding carboxylic acids is 1. The first-order chi connectivity index (χ1) is 8.61. The van der Waals surface area contributed by atoms with Crippen molar-refractivity contribution in [1.29, 1.82) is 0 Å². The summed E-state index contributed by atoms with van der Waals surface area (Å²) in [5.74, 6) is 0.779. The molecule has 0 atom stereocenters. The molecular weight excluding hydrogens is 292 g/mol. The lowest BCUT2D eigenvalue weighted by atomic mass is 9.99. The van der Waals surface area contributed by atoms with Crippen LogP contribution in [0.15, 0.2) is 46.9 Å². The molecule has 0 aromatic heterocycles. The smallest absolute Gasteiger partial charge is 0.193 e. The highest BCUT2D eigenvalue weighted by Crippen LogP contribution is 2.20. The van der Waals surface area contributed by atoms with Gasteiger partial charge in [-0.2, -0.15) is 0 Å². The molecule has 0 amide bonds. The molecule has 0 bridgehead atoms. The Labute approximate surface area is 115 Å². The number of aryl methyl sites for hydroxylation is 1. The van der Waals surface area contributed by atoms with Gasteiger partial charge in [0.2, 0.25) is 0 Å². The monoisotopic (exact) mass is 304 g/mol. The number of benzene rings is 2. The van der Waals surface area contributed by atoms with Gasteiger partial charge < -0.3 is 4.74 Å². The lowest BCUT2D eigenvalue weighted by Crippen LogP contribution is -2.03. The Morgan fingerprint density at radius 3 is 2.33 bits per heavy atom. The van der Waals surface area contributed by atoms with Crippen LogP contribution in [-0.2, 0) is 0 Å². The predicted octanol–water partition coefficient (Wildman–Crippen LogP) is 4.00. The normalized spacial score (nSPS) is 10.2. The van der Waals surface area contributed by atoms with Crippen molar-refractivity contribution < 1.29 is 9.53 Å². The van der Waals surface area contributed by atoms with E-state index in [2.05, 4.69) is 15.9 Å². The van der Waals surface area contributed by atoms with Crippen LogP contribution in [0.4, 0.5) is 0 Å². The molecule has 0 aliphatic carbocycles. The van der Waals surface area contributed by atoms with Crippen molar-refractivity contribution in [3.8, 4) is 5.75 Å². The fraction of sp³-hybridized carbons (Fsp3) is 0.133. The molecule has 0 aliphatic rings. The third-order valence-corrected chi connectivity index (χ3v) is 3.28. The van der Waals surface area contributed by atoms with Crippen LogP contribution in [0, 0.1) is 6.92 Å². The van der Waals surface area contributed by atoms with Gasteiger partial charge in [0.1, 0.15) is 5.75 Å². The molecule has 0 fully saturated rings. The second-order valence-electron chi connectivity index (χ2n) is 4.02. The molecule has 2 rings (SSSR count). The maximum absolute atomic E-state index is 12.3. The van der Waals surface area contributed by atoms with Crippen LogP contribution in [-0.4, -0.2) is 12.9 Å². The molecule has 2 aromatic carbocycles. The molecule has 2 aromatic rings. The summed E-state index contributed by atoms with van der Waals surface area (Å²) in [5, 5.41) is 0. The number of ether oxygens (including phenoxy) is 1. The van der Waals surface area contributed by atoms with Gasteiger partial charge in [0.05, 0.1) is 7.11 Å². The van der Waals surface area contributed by atoms with Crippen molar-refractivity contribution in [3.05, 3.63) is 63.6 Å². The number of carbonyl (C=O) groups is 1. The second-order valence-corrected chi connectivity index (χ2v) is 4.93. The van der Waals surface area contributed by atoms with Gasteiger partial charge in [-0.25, -0.2) is 0 Å². The van der Waals surface area contributed by atoms with Crippen molar-refractivity contribution in [2.24, 2.45) is 0 Å². The second kappa shape index (κ2) is 5.36. The quantitative estimate of drug-likeness (QED) is 0.801. The zero-order valence-electron chi connectivity index (χ0n) is 10.2. The summed E-state index contributed by atoms with van der Waals surface area (Å²) in [4.78, 5) is 12.3. The van der Waals surface area contributed by atoms with Gasteiger partial charge in [-0.3, -0.25) is 4.79 Å². The van der Waals surface area contributed by atoms with Crippen LogP contribution in [0.1, 0.15) is 21.5 Å². The summed E-state index contributed by atoms with van der Waals surface area (Å²) in [7, 11) is 1.61. The van der Waals surface area contributed by atoms with Gasteiger partial charge in [-0.05, 0) is 55.0 Å². The number of hydrogen-bond donors (Lipinski definition) is 0. The lowest BCUT2D eigenvalue weighted by molar-refractivity contribution is 0.103. The van der Waals surface area contributed by atoms with Crippen molar-refractivity contribution in [2.75, 3.05) is 7.11 Å². The molecule has 3 heteroatoms. The average Bonchev–Trinajstić information content (AvgIpc) is 2.38. The van der Waals surface area contributed by atoms with Gasteiger partial charge in [0.15, 0.2) is 5.78 Å². The average molecular weight is 305 g/mol. The molecule has 18 heavy (non-hydrogen) atoms. The molecule has 0 aliphatic heterocycles. The summed E-state index contributed by atoms with van der Waals surface area (Å²) in [6, 6.07) is 12.8. The summed E-state index contributed by atoms with van der Waals surface area (Å²) >= 11 is 3.39. The summed E-state index contributed by atoms with van der Waals surface area (Å²) < 4.78 is 6.05. The van der Waals surface area contributed by atoms with Crippen molar-refractivity contribution in [3.63, 3.8) is 0 Å². The van der Waals surface area contributed by atoms with E-state index in [1.165, 1.54) is 0 Å². The molecule has 0 unspecified atom stereocenters. The van der Waals surface area contributed by atoms with E-state index in [1.807, 2.05) is 25.1 Å². The molecule has 0 radical (unpaired) electrons. The molecule has 0 heterocycles. The zero-order valence-corrected chi connectivity index (χ0v) is 11.8. The van der Waals surface area contributed by atoms with E-state index in [0.717, 1.165) is 21.3 Å². The van der Waals surface area contributed by atoms with E-state index in [0.29, 0.717) is 5.56 Å². The van der Waals surface area contributed by atoms with Crippen molar-refractivity contribution in [2.45, 2.75) is 6.92 Å². The van der Waals surface area contributed by atoms with Crippen LogP contribution in [0.3, 0.4) is 0 Å². The SMILES string of the molecule is COc1ccc(C(=O)c2ccc(Br)cc2C)cc1. The van der Waals surface area contributed by atoms with E-state index >= 15 is 0 Å². The minimum absolute atomic E-state index is 0.0302. The lowest BCUT2D eigenvalue weighted by Gasteiger charge is -2.06. The van der Waals surface area contributed by atoms with Crippen LogP contribution in [0.25, 0.3) is 0 Å². The molecule has 0 spiro atoms. The van der Waals surface area contributed by atoms with Crippen LogP contribution in [0.2, 0.25) is 0 Å². The Morgan fingerprint density at radius 1 is 1.11 bits per heavy atom. The molecule has 2 nitrogen and oxygen atoms in total. The largest absolute Gasteiger partial charge is 0.497 e. The predicted molar refractivity (Wildman–Crippen MR) is 75.3 cm³/mol. The number of halogens is 1. The van der Waals surface area contributed by atoms with Crippen LogP contribution >= 0.6 is 15.9 Å². The third-order valence-electron chi connectivity index (χ3n) is 2.79. The third kappa shape index (κ3) is 2.62. The first-order valence-electron chi connectivity index (χ1n) is 5.56. The molecule has 0 N–H and O–H groups in total. The highest BCUT2D eigenvalue weighted by molar-refractivity contribution is 9.10. The van der Waals surface area contributed by atoms with E-state index in [4.69, 9.17) is 4.74 Å². The number of hydrogen-bond acceptors (Lipinski definition) is 2. The first-order valence-corrected chi connectivity index (χ1v) is 6.36. The maximum Gasteiger partial charge on any atom is 0.193 e. The molecule has 92 valence electrons. The van der Waals surface area contributed by atoms with E-state index in [1.54, 1.807) is 31.4 Å².